The van der Waals surface area contributed by atoms with Gasteiger partial charge in [-0.05, 0) is 54.6 Å². The number of halogens is 1. The predicted molar refractivity (Wildman–Crippen MR) is 108 cm³/mol. The summed E-state index contributed by atoms with van der Waals surface area (Å²) in [5, 5.41) is 10.8. The molecule has 9 nitrogen and oxygen atoms in total. The van der Waals surface area contributed by atoms with Crippen LogP contribution in [0.2, 0.25) is 0 Å². The van der Waals surface area contributed by atoms with Crippen LogP contribution in [0, 0.1) is 15.9 Å². The lowest BCUT2D eigenvalue weighted by Crippen LogP contribution is -2.14. The summed E-state index contributed by atoms with van der Waals surface area (Å²) in [7, 11) is -4.35. The Morgan fingerprint density at radius 2 is 1.56 bits per heavy atom. The molecule has 164 valence electrons. The maximum Gasteiger partial charge on any atom is 0.339 e. The first-order valence-electron chi connectivity index (χ1n) is 8.90. The SMILES string of the molecule is O=C(COC(=O)c1ccc(OS(=O)(=O)c2cccc([N+](=O)[O-])c2)cc1)c1ccc(F)cc1. The number of rotatable bonds is 8. The molecule has 0 heterocycles. The van der Waals surface area contributed by atoms with Gasteiger partial charge in [-0.25, -0.2) is 9.18 Å². The zero-order valence-corrected chi connectivity index (χ0v) is 17.0. The summed E-state index contributed by atoms with van der Waals surface area (Å²) in [6.07, 6.45) is 0. The fourth-order valence-electron chi connectivity index (χ4n) is 2.51. The topological polar surface area (TPSA) is 130 Å². The number of hydrogen-bond acceptors (Lipinski definition) is 8. The number of nitro benzene ring substituents is 1. The van der Waals surface area contributed by atoms with Crippen molar-refractivity contribution in [1.82, 2.24) is 0 Å². The summed E-state index contributed by atoms with van der Waals surface area (Å²) < 4.78 is 47.4. The van der Waals surface area contributed by atoms with Crippen molar-refractivity contribution in [1.29, 1.82) is 0 Å². The van der Waals surface area contributed by atoms with Crippen molar-refractivity contribution in [2.24, 2.45) is 0 Å². The fourth-order valence-corrected chi connectivity index (χ4v) is 3.48. The van der Waals surface area contributed by atoms with Gasteiger partial charge in [0.25, 0.3) is 5.69 Å². The Hall–Kier alpha value is -4.12. The maximum atomic E-state index is 12.9. The van der Waals surface area contributed by atoms with Crippen LogP contribution in [-0.2, 0) is 14.9 Å². The van der Waals surface area contributed by atoms with Crippen LogP contribution in [0.15, 0.2) is 77.7 Å². The average Bonchev–Trinajstić information content (AvgIpc) is 2.78. The van der Waals surface area contributed by atoms with Gasteiger partial charge in [0.2, 0.25) is 0 Å². The molecule has 3 aromatic carbocycles. The van der Waals surface area contributed by atoms with Crippen LogP contribution < -0.4 is 4.18 Å². The molecule has 0 spiro atoms. The number of nitrogens with zero attached hydrogens (tertiary/aromatic N) is 1. The first-order valence-corrected chi connectivity index (χ1v) is 10.3. The number of ketones is 1. The highest BCUT2D eigenvalue weighted by Crippen LogP contribution is 2.22. The molecule has 0 fully saturated rings. The van der Waals surface area contributed by atoms with E-state index in [1.165, 1.54) is 42.5 Å². The molecule has 0 amide bonds. The molecule has 0 saturated heterocycles. The first-order chi connectivity index (χ1) is 15.2. The number of non-ortho nitro benzene ring substituents is 1. The van der Waals surface area contributed by atoms with E-state index in [-0.39, 0.29) is 16.9 Å². The number of nitro groups is 1. The van der Waals surface area contributed by atoms with Gasteiger partial charge in [0, 0.05) is 17.7 Å². The smallest absolute Gasteiger partial charge is 0.339 e. The standard InChI is InChI=1S/C21H14FNO8S/c22-16-8-4-14(5-9-16)20(24)13-30-21(25)15-6-10-18(11-7-15)31-32(28,29)19-3-1-2-17(12-19)23(26)27/h1-12H,13H2. The van der Waals surface area contributed by atoms with Gasteiger partial charge in [-0.1, -0.05) is 6.07 Å². The van der Waals surface area contributed by atoms with Gasteiger partial charge in [0.05, 0.1) is 10.5 Å². The average molecular weight is 459 g/mol. The number of benzene rings is 3. The third-order valence-corrected chi connectivity index (χ3v) is 5.36. The Morgan fingerprint density at radius 3 is 2.19 bits per heavy atom. The second-order valence-corrected chi connectivity index (χ2v) is 7.87. The molecule has 0 aliphatic rings. The Kier molecular flexibility index (Phi) is 6.59. The van der Waals surface area contributed by atoms with Crippen LogP contribution in [-0.4, -0.2) is 31.7 Å². The Bertz CT molecular complexity index is 1270. The lowest BCUT2D eigenvalue weighted by atomic mass is 10.1. The third-order valence-electron chi connectivity index (χ3n) is 4.11. The summed E-state index contributed by atoms with van der Waals surface area (Å²) in [6.45, 7) is -0.566. The minimum Gasteiger partial charge on any atom is -0.454 e. The largest absolute Gasteiger partial charge is 0.454 e. The summed E-state index contributed by atoms with van der Waals surface area (Å²) in [5.41, 5.74) is -0.214. The van der Waals surface area contributed by atoms with Crippen LogP contribution >= 0.6 is 0 Å². The zero-order chi connectivity index (χ0) is 23.3. The highest BCUT2D eigenvalue weighted by atomic mass is 32.2. The van der Waals surface area contributed by atoms with Crippen molar-refractivity contribution < 1.29 is 36.2 Å². The number of esters is 1. The highest BCUT2D eigenvalue weighted by molar-refractivity contribution is 7.87. The second-order valence-electron chi connectivity index (χ2n) is 6.32. The Balaban J connectivity index is 1.63. The molecular weight excluding hydrogens is 445 g/mol. The third kappa shape index (κ3) is 5.52. The maximum absolute atomic E-state index is 12.9. The molecule has 0 aromatic heterocycles. The van der Waals surface area contributed by atoms with E-state index >= 15 is 0 Å². The molecule has 0 radical (unpaired) electrons. The number of Topliss-reactive ketones (excluding diaryl/α,β-unsaturated/α-hetero) is 1. The normalized spacial score (nSPS) is 10.9. The fraction of sp³-hybridized carbons (Fsp3) is 0.0476. The van der Waals surface area contributed by atoms with E-state index in [4.69, 9.17) is 8.92 Å². The van der Waals surface area contributed by atoms with E-state index in [2.05, 4.69) is 0 Å². The number of hydrogen-bond donors (Lipinski definition) is 0. The molecule has 3 aromatic rings. The zero-order valence-electron chi connectivity index (χ0n) is 16.1. The van der Waals surface area contributed by atoms with E-state index in [1.54, 1.807) is 0 Å². The molecule has 0 bridgehead atoms. The van der Waals surface area contributed by atoms with Crippen molar-refractivity contribution in [2.75, 3.05) is 6.61 Å². The van der Waals surface area contributed by atoms with Crippen molar-refractivity contribution in [3.05, 3.63) is 99.9 Å². The van der Waals surface area contributed by atoms with Crippen LogP contribution in [0.1, 0.15) is 20.7 Å². The van der Waals surface area contributed by atoms with Gasteiger partial charge in [-0.15, -0.1) is 0 Å². The molecule has 32 heavy (non-hydrogen) atoms. The van der Waals surface area contributed by atoms with Crippen LogP contribution in [0.3, 0.4) is 0 Å². The minimum absolute atomic E-state index is 0.0250. The van der Waals surface area contributed by atoms with E-state index in [0.29, 0.717) is 0 Å². The highest BCUT2D eigenvalue weighted by Gasteiger charge is 2.20. The number of ether oxygens (including phenoxy) is 1. The summed E-state index contributed by atoms with van der Waals surface area (Å²) >= 11 is 0. The van der Waals surface area contributed by atoms with E-state index in [0.717, 1.165) is 30.3 Å². The lowest BCUT2D eigenvalue weighted by molar-refractivity contribution is -0.385. The van der Waals surface area contributed by atoms with Crippen LogP contribution in [0.5, 0.6) is 5.75 Å². The minimum atomic E-state index is -4.35. The number of carbonyl (C=O) groups excluding carboxylic acids is 2. The van der Waals surface area contributed by atoms with E-state index in [9.17, 15) is 32.5 Å². The van der Waals surface area contributed by atoms with Gasteiger partial charge in [0.15, 0.2) is 12.4 Å². The van der Waals surface area contributed by atoms with E-state index in [1.807, 2.05) is 0 Å². The molecule has 0 N–H and O–H groups in total. The summed E-state index contributed by atoms with van der Waals surface area (Å²) in [5.74, 6) is -2.02. The quantitative estimate of drug-likeness (QED) is 0.164. The van der Waals surface area contributed by atoms with Crippen molar-refractivity contribution >= 4 is 27.6 Å². The first kappa shape index (κ1) is 22.6. The molecule has 0 aliphatic carbocycles. The Morgan fingerprint density at radius 1 is 0.938 bits per heavy atom. The molecule has 0 saturated carbocycles. The van der Waals surface area contributed by atoms with Crippen LogP contribution in [0.4, 0.5) is 10.1 Å². The molecular formula is C21H14FNO8S. The van der Waals surface area contributed by atoms with Gasteiger partial charge in [-0.3, -0.25) is 14.9 Å². The monoisotopic (exact) mass is 459 g/mol. The van der Waals surface area contributed by atoms with Gasteiger partial charge < -0.3 is 8.92 Å². The van der Waals surface area contributed by atoms with Crippen molar-refractivity contribution in [2.45, 2.75) is 4.90 Å². The Labute approximate surface area is 181 Å². The van der Waals surface area contributed by atoms with Gasteiger partial charge in [-0.2, -0.15) is 8.42 Å². The predicted octanol–water partition coefficient (Wildman–Crippen LogP) is 3.54. The van der Waals surface area contributed by atoms with Crippen molar-refractivity contribution in [3.63, 3.8) is 0 Å². The second kappa shape index (κ2) is 9.35. The lowest BCUT2D eigenvalue weighted by Gasteiger charge is -2.08. The number of carbonyl (C=O) groups is 2. The molecule has 0 unspecified atom stereocenters. The summed E-state index contributed by atoms with van der Waals surface area (Å²) in [6, 6.07) is 13.9. The summed E-state index contributed by atoms with van der Waals surface area (Å²) in [4.78, 5) is 33.7. The van der Waals surface area contributed by atoms with Crippen molar-refractivity contribution in [3.8, 4) is 5.75 Å². The molecule has 0 atom stereocenters. The van der Waals surface area contributed by atoms with E-state index < -0.39 is 49.8 Å². The van der Waals surface area contributed by atoms with Gasteiger partial charge in [0.1, 0.15) is 16.5 Å². The molecule has 3 rings (SSSR count). The van der Waals surface area contributed by atoms with Crippen LogP contribution in [0.25, 0.3) is 0 Å². The molecule has 11 heteroatoms. The molecule has 0 aliphatic heterocycles. The van der Waals surface area contributed by atoms with Gasteiger partial charge >= 0.3 is 16.1 Å².